The highest BCUT2D eigenvalue weighted by molar-refractivity contribution is 5.33. The summed E-state index contributed by atoms with van der Waals surface area (Å²) >= 11 is 0. The Morgan fingerprint density at radius 3 is 2.68 bits per heavy atom. The molecule has 0 amide bonds. The van der Waals surface area contributed by atoms with Gasteiger partial charge in [0.2, 0.25) is 0 Å². The van der Waals surface area contributed by atoms with Crippen molar-refractivity contribution in [1.82, 2.24) is 10.2 Å². The van der Waals surface area contributed by atoms with Gasteiger partial charge in [0.05, 0.1) is 19.7 Å². The summed E-state index contributed by atoms with van der Waals surface area (Å²) in [5.41, 5.74) is 2.51. The second-order valence-electron chi connectivity index (χ2n) is 6.47. The lowest BCUT2D eigenvalue weighted by Crippen LogP contribution is -2.48. The third-order valence-electron chi connectivity index (χ3n) is 4.92. The summed E-state index contributed by atoms with van der Waals surface area (Å²) in [6.07, 6.45) is 7.93. The number of nitrogens with one attached hydrogen (secondary N) is 1. The first kappa shape index (κ1) is 17.5. The van der Waals surface area contributed by atoms with Crippen LogP contribution in [0.15, 0.2) is 54.6 Å². The van der Waals surface area contributed by atoms with E-state index in [4.69, 9.17) is 11.2 Å². The van der Waals surface area contributed by atoms with Gasteiger partial charge in [0.25, 0.3) is 0 Å². The number of benzene rings is 2. The van der Waals surface area contributed by atoms with Crippen LogP contribution in [-0.2, 0) is 6.54 Å². The normalized spacial score (nSPS) is 20.8. The highest BCUT2D eigenvalue weighted by Gasteiger charge is 2.31. The van der Waals surface area contributed by atoms with Crippen molar-refractivity contribution in [3.05, 3.63) is 65.7 Å². The van der Waals surface area contributed by atoms with E-state index >= 15 is 0 Å². The second-order valence-corrected chi connectivity index (χ2v) is 6.47. The lowest BCUT2D eigenvalue weighted by molar-refractivity contribution is 0.126. The fourth-order valence-corrected chi connectivity index (χ4v) is 3.76. The first-order valence-corrected chi connectivity index (χ1v) is 8.91. The van der Waals surface area contributed by atoms with Crippen molar-refractivity contribution in [3.63, 3.8) is 0 Å². The van der Waals surface area contributed by atoms with Crippen LogP contribution in [0.5, 0.6) is 5.75 Å². The minimum Gasteiger partial charge on any atom is -0.496 e. The molecule has 2 aromatic rings. The Morgan fingerprint density at radius 2 is 1.92 bits per heavy atom. The monoisotopic (exact) mass is 334 g/mol. The Bertz CT molecular complexity index is 707. The molecule has 0 aliphatic carbocycles. The van der Waals surface area contributed by atoms with E-state index in [0.717, 1.165) is 31.7 Å². The molecule has 0 unspecified atom stereocenters. The van der Waals surface area contributed by atoms with Crippen LogP contribution in [0.4, 0.5) is 0 Å². The maximum Gasteiger partial charge on any atom is 0.123 e. The maximum atomic E-state index is 5.62. The number of likely N-dealkylation sites (tertiary alicyclic amines) is 1. The van der Waals surface area contributed by atoms with Gasteiger partial charge in [0.1, 0.15) is 5.75 Å². The van der Waals surface area contributed by atoms with Crippen LogP contribution in [0.25, 0.3) is 0 Å². The first-order valence-electron chi connectivity index (χ1n) is 8.91. The third-order valence-corrected chi connectivity index (χ3v) is 4.92. The molecule has 1 aliphatic rings. The van der Waals surface area contributed by atoms with Crippen molar-refractivity contribution in [3.8, 4) is 18.1 Å². The molecule has 1 fully saturated rings. The number of para-hydroxylation sites is 1. The summed E-state index contributed by atoms with van der Waals surface area (Å²) in [6, 6.07) is 19.6. The van der Waals surface area contributed by atoms with Gasteiger partial charge < -0.3 is 10.1 Å². The summed E-state index contributed by atoms with van der Waals surface area (Å²) in [5, 5.41) is 3.76. The molecule has 2 aromatic carbocycles. The zero-order valence-corrected chi connectivity index (χ0v) is 14.8. The lowest BCUT2D eigenvalue weighted by Gasteiger charge is -2.41. The van der Waals surface area contributed by atoms with Gasteiger partial charge in [-0.2, -0.15) is 0 Å². The molecule has 1 N–H and O–H groups in total. The Morgan fingerprint density at radius 1 is 1.16 bits per heavy atom. The van der Waals surface area contributed by atoms with E-state index in [1.165, 1.54) is 11.1 Å². The first-order chi connectivity index (χ1) is 12.3. The summed E-state index contributed by atoms with van der Waals surface area (Å²) in [5.74, 6) is 3.76. The van der Waals surface area contributed by atoms with Gasteiger partial charge >= 0.3 is 0 Å². The number of terminal acetylenes is 1. The molecule has 0 bridgehead atoms. The molecular formula is C22H26N2O. The Kier molecular flexibility index (Phi) is 6.11. The van der Waals surface area contributed by atoms with Crippen molar-refractivity contribution in [2.45, 2.75) is 31.5 Å². The zero-order valence-electron chi connectivity index (χ0n) is 14.8. The van der Waals surface area contributed by atoms with E-state index in [2.05, 4.69) is 58.6 Å². The number of hydrogen-bond acceptors (Lipinski definition) is 3. The molecule has 1 saturated heterocycles. The van der Waals surface area contributed by atoms with E-state index in [9.17, 15) is 0 Å². The average Bonchev–Trinajstić information content (AvgIpc) is 2.67. The standard InChI is InChI=1S/C22H26N2O/c1-3-15-24-16-9-13-20(22(24)18-10-5-4-6-11-18)23-17-19-12-7-8-14-21(19)25-2/h1,4-8,10-12,14,20,22-23H,9,13,15-17H2,2H3/t20-,22-/m0/s1. The van der Waals surface area contributed by atoms with Crippen LogP contribution in [0, 0.1) is 12.3 Å². The Balaban J connectivity index is 1.79. The van der Waals surface area contributed by atoms with Crippen molar-refractivity contribution >= 4 is 0 Å². The largest absolute Gasteiger partial charge is 0.496 e. The maximum absolute atomic E-state index is 5.62. The smallest absolute Gasteiger partial charge is 0.123 e. The predicted molar refractivity (Wildman–Crippen MR) is 102 cm³/mol. The number of ether oxygens (including phenoxy) is 1. The minimum atomic E-state index is 0.306. The van der Waals surface area contributed by atoms with Crippen LogP contribution in [0.1, 0.15) is 30.0 Å². The molecule has 0 radical (unpaired) electrons. The van der Waals surface area contributed by atoms with E-state index in [1.807, 2.05) is 12.1 Å². The zero-order chi connectivity index (χ0) is 17.5. The highest BCUT2D eigenvalue weighted by atomic mass is 16.5. The van der Waals surface area contributed by atoms with Crippen LogP contribution >= 0.6 is 0 Å². The summed E-state index contributed by atoms with van der Waals surface area (Å²) < 4.78 is 5.48. The third kappa shape index (κ3) is 4.22. The molecule has 3 rings (SSSR count). The molecule has 0 aromatic heterocycles. The van der Waals surface area contributed by atoms with Crippen molar-refractivity contribution < 1.29 is 4.74 Å². The van der Waals surface area contributed by atoms with Gasteiger partial charge in [-0.15, -0.1) is 6.42 Å². The molecule has 2 atom stereocenters. The average molecular weight is 334 g/mol. The van der Waals surface area contributed by atoms with Gasteiger partial charge in [-0.1, -0.05) is 54.5 Å². The van der Waals surface area contributed by atoms with Crippen LogP contribution in [0.2, 0.25) is 0 Å². The molecule has 130 valence electrons. The molecule has 3 nitrogen and oxygen atoms in total. The predicted octanol–water partition coefficient (Wildman–Crippen LogP) is 3.62. The van der Waals surface area contributed by atoms with Crippen molar-refractivity contribution in [2.24, 2.45) is 0 Å². The summed E-state index contributed by atoms with van der Waals surface area (Å²) in [4.78, 5) is 2.42. The fraction of sp³-hybridized carbons (Fsp3) is 0.364. The topological polar surface area (TPSA) is 24.5 Å². The number of nitrogens with zero attached hydrogens (tertiary/aromatic N) is 1. The van der Waals surface area contributed by atoms with Crippen molar-refractivity contribution in [2.75, 3.05) is 20.2 Å². The van der Waals surface area contributed by atoms with Gasteiger partial charge in [-0.25, -0.2) is 0 Å². The van der Waals surface area contributed by atoms with Crippen LogP contribution in [-0.4, -0.2) is 31.1 Å². The minimum absolute atomic E-state index is 0.306. The second kappa shape index (κ2) is 8.71. The van der Waals surface area contributed by atoms with E-state index < -0.39 is 0 Å². The van der Waals surface area contributed by atoms with Gasteiger partial charge in [0, 0.05) is 18.2 Å². The van der Waals surface area contributed by atoms with E-state index in [1.54, 1.807) is 7.11 Å². The molecule has 0 saturated carbocycles. The molecule has 25 heavy (non-hydrogen) atoms. The molecule has 0 spiro atoms. The number of rotatable bonds is 6. The number of hydrogen-bond donors (Lipinski definition) is 1. The SMILES string of the molecule is C#CCN1CCC[C@H](NCc2ccccc2OC)[C@@H]1c1ccccc1. The summed E-state index contributed by atoms with van der Waals surface area (Å²) in [6.45, 7) is 2.53. The quantitative estimate of drug-likeness (QED) is 0.817. The lowest BCUT2D eigenvalue weighted by atomic mass is 9.90. The van der Waals surface area contributed by atoms with Gasteiger partial charge in [-0.3, -0.25) is 4.90 Å². The highest BCUT2D eigenvalue weighted by Crippen LogP contribution is 2.31. The fourth-order valence-electron chi connectivity index (χ4n) is 3.76. The van der Waals surface area contributed by atoms with E-state index in [-0.39, 0.29) is 0 Å². The van der Waals surface area contributed by atoms with E-state index in [0.29, 0.717) is 18.6 Å². The van der Waals surface area contributed by atoms with Gasteiger partial charge in [-0.05, 0) is 31.0 Å². The molecule has 3 heteroatoms. The Labute approximate surface area is 151 Å². The van der Waals surface area contributed by atoms with Crippen LogP contribution in [0.3, 0.4) is 0 Å². The van der Waals surface area contributed by atoms with Crippen molar-refractivity contribution in [1.29, 1.82) is 0 Å². The number of piperidine rings is 1. The molecular weight excluding hydrogens is 308 g/mol. The van der Waals surface area contributed by atoms with Crippen LogP contribution < -0.4 is 10.1 Å². The summed E-state index contributed by atoms with van der Waals surface area (Å²) in [7, 11) is 1.72. The van der Waals surface area contributed by atoms with Gasteiger partial charge in [0.15, 0.2) is 0 Å². The molecule has 1 heterocycles. The molecule has 1 aliphatic heterocycles. The number of methoxy groups -OCH3 is 1. The Hall–Kier alpha value is -2.28.